The second kappa shape index (κ2) is 4.54. The second-order valence-electron chi connectivity index (χ2n) is 4.83. The van der Waals surface area contributed by atoms with Gasteiger partial charge >= 0.3 is 0 Å². The highest BCUT2D eigenvalue weighted by Crippen LogP contribution is 2.29. The minimum absolute atomic E-state index is 0.0384. The summed E-state index contributed by atoms with van der Waals surface area (Å²) in [6.45, 7) is 7.37. The van der Waals surface area contributed by atoms with Gasteiger partial charge < -0.3 is 9.88 Å². The predicted molar refractivity (Wildman–Crippen MR) is 64.5 cm³/mol. The van der Waals surface area contributed by atoms with Crippen molar-refractivity contribution in [2.24, 2.45) is 7.05 Å². The number of hydrogen-bond donors (Lipinski definition) is 1. The van der Waals surface area contributed by atoms with E-state index in [9.17, 15) is 0 Å². The van der Waals surface area contributed by atoms with E-state index in [4.69, 9.17) is 11.6 Å². The molecule has 3 nitrogen and oxygen atoms in total. The molecule has 0 aromatic carbocycles. The first kappa shape index (κ1) is 12.5. The number of rotatable bonds is 3. The van der Waals surface area contributed by atoms with Crippen molar-refractivity contribution in [1.29, 1.82) is 0 Å². The summed E-state index contributed by atoms with van der Waals surface area (Å²) in [6, 6.07) is 0. The molecule has 0 aliphatic rings. The second-order valence-corrected chi connectivity index (χ2v) is 5.19. The van der Waals surface area contributed by atoms with E-state index < -0.39 is 0 Å². The quantitative estimate of drug-likeness (QED) is 0.861. The Balaban J connectivity index is 3.04. The van der Waals surface area contributed by atoms with Gasteiger partial charge in [0, 0.05) is 25.4 Å². The van der Waals surface area contributed by atoms with Crippen molar-refractivity contribution in [3.8, 4) is 0 Å². The SMILES string of the molecule is CNCCc1nc(Cl)c(C(C)(C)C)n1C. The summed E-state index contributed by atoms with van der Waals surface area (Å²) in [4.78, 5) is 4.40. The number of aromatic nitrogens is 2. The molecular weight excluding hydrogens is 210 g/mol. The Morgan fingerprint density at radius 1 is 1.40 bits per heavy atom. The Kier molecular flexibility index (Phi) is 3.79. The van der Waals surface area contributed by atoms with Crippen LogP contribution in [0.15, 0.2) is 0 Å². The third-order valence-corrected chi connectivity index (χ3v) is 2.72. The maximum Gasteiger partial charge on any atom is 0.151 e. The van der Waals surface area contributed by atoms with Gasteiger partial charge in [0.2, 0.25) is 0 Å². The molecule has 0 aliphatic heterocycles. The third kappa shape index (κ3) is 2.73. The number of likely N-dealkylation sites (N-methyl/N-ethyl adjacent to an activating group) is 1. The lowest BCUT2D eigenvalue weighted by Crippen LogP contribution is -2.19. The Labute approximate surface area is 96.8 Å². The minimum atomic E-state index is 0.0384. The van der Waals surface area contributed by atoms with Crippen LogP contribution in [0, 0.1) is 0 Å². The molecular formula is C11H20ClN3. The van der Waals surface area contributed by atoms with Crippen molar-refractivity contribution in [3.05, 3.63) is 16.7 Å². The number of imidazole rings is 1. The summed E-state index contributed by atoms with van der Waals surface area (Å²) in [6.07, 6.45) is 0.906. The Morgan fingerprint density at radius 2 is 2.00 bits per heavy atom. The molecule has 4 heteroatoms. The zero-order chi connectivity index (χ0) is 11.6. The monoisotopic (exact) mass is 229 g/mol. The fourth-order valence-corrected chi connectivity index (χ4v) is 2.29. The van der Waals surface area contributed by atoms with Gasteiger partial charge in [-0.15, -0.1) is 0 Å². The van der Waals surface area contributed by atoms with Crippen LogP contribution < -0.4 is 5.32 Å². The van der Waals surface area contributed by atoms with Crippen molar-refractivity contribution < 1.29 is 0 Å². The van der Waals surface area contributed by atoms with Crippen LogP contribution in [0.5, 0.6) is 0 Å². The van der Waals surface area contributed by atoms with Crippen molar-refractivity contribution >= 4 is 11.6 Å². The van der Waals surface area contributed by atoms with Gasteiger partial charge in [0.05, 0.1) is 5.69 Å². The molecule has 0 radical (unpaired) electrons. The molecule has 0 spiro atoms. The Hall–Kier alpha value is -0.540. The molecule has 1 N–H and O–H groups in total. The molecule has 0 amide bonds. The Morgan fingerprint density at radius 3 is 2.40 bits per heavy atom. The largest absolute Gasteiger partial charge is 0.333 e. The normalized spacial score (nSPS) is 12.1. The van der Waals surface area contributed by atoms with Gasteiger partial charge in [0.25, 0.3) is 0 Å². The molecule has 0 aliphatic carbocycles. The van der Waals surface area contributed by atoms with Crippen molar-refractivity contribution in [3.63, 3.8) is 0 Å². The van der Waals surface area contributed by atoms with Crippen LogP contribution in [-0.2, 0) is 18.9 Å². The molecule has 1 heterocycles. The van der Waals surface area contributed by atoms with Crippen molar-refractivity contribution in [2.45, 2.75) is 32.6 Å². The van der Waals surface area contributed by atoms with Crippen LogP contribution in [0.3, 0.4) is 0 Å². The summed E-state index contributed by atoms with van der Waals surface area (Å²) < 4.78 is 2.11. The van der Waals surface area contributed by atoms with E-state index in [2.05, 4.69) is 35.6 Å². The van der Waals surface area contributed by atoms with E-state index in [-0.39, 0.29) is 5.41 Å². The van der Waals surface area contributed by atoms with E-state index >= 15 is 0 Å². The van der Waals surface area contributed by atoms with E-state index in [1.54, 1.807) is 0 Å². The van der Waals surface area contributed by atoms with Crippen LogP contribution in [-0.4, -0.2) is 23.1 Å². The molecule has 0 fully saturated rings. The molecule has 0 unspecified atom stereocenters. The van der Waals surface area contributed by atoms with Gasteiger partial charge in [-0.2, -0.15) is 0 Å². The average molecular weight is 230 g/mol. The van der Waals surface area contributed by atoms with E-state index in [1.165, 1.54) is 0 Å². The summed E-state index contributed by atoms with van der Waals surface area (Å²) in [7, 11) is 3.97. The standard InChI is InChI=1S/C11H20ClN3/c1-11(2,3)9-10(12)14-8(15(9)5)6-7-13-4/h13H,6-7H2,1-5H3. The van der Waals surface area contributed by atoms with Gasteiger partial charge in [-0.3, -0.25) is 0 Å². The first-order valence-electron chi connectivity index (χ1n) is 5.24. The lowest BCUT2D eigenvalue weighted by Gasteiger charge is -2.20. The van der Waals surface area contributed by atoms with Gasteiger partial charge in [-0.1, -0.05) is 32.4 Å². The summed E-state index contributed by atoms with van der Waals surface area (Å²) in [5.74, 6) is 1.04. The summed E-state index contributed by atoms with van der Waals surface area (Å²) in [5.41, 5.74) is 1.15. The van der Waals surface area contributed by atoms with Crippen LogP contribution in [0.25, 0.3) is 0 Å². The average Bonchev–Trinajstić information content (AvgIpc) is 2.36. The van der Waals surface area contributed by atoms with E-state index in [1.807, 2.05) is 14.1 Å². The molecule has 1 rings (SSSR count). The highest BCUT2D eigenvalue weighted by Gasteiger charge is 2.24. The van der Waals surface area contributed by atoms with Crippen LogP contribution in [0.2, 0.25) is 5.15 Å². The van der Waals surface area contributed by atoms with Gasteiger partial charge in [0.15, 0.2) is 5.15 Å². The third-order valence-electron chi connectivity index (χ3n) is 2.45. The summed E-state index contributed by atoms with van der Waals surface area (Å²) in [5, 5.41) is 3.75. The maximum absolute atomic E-state index is 6.16. The molecule has 86 valence electrons. The minimum Gasteiger partial charge on any atom is -0.333 e. The lowest BCUT2D eigenvalue weighted by atomic mass is 9.92. The van der Waals surface area contributed by atoms with Crippen molar-refractivity contribution in [2.75, 3.05) is 13.6 Å². The highest BCUT2D eigenvalue weighted by atomic mass is 35.5. The van der Waals surface area contributed by atoms with Gasteiger partial charge in [-0.25, -0.2) is 4.98 Å². The first-order valence-corrected chi connectivity index (χ1v) is 5.62. The topological polar surface area (TPSA) is 29.9 Å². The zero-order valence-electron chi connectivity index (χ0n) is 10.2. The molecule has 1 aromatic rings. The van der Waals surface area contributed by atoms with Crippen LogP contribution in [0.4, 0.5) is 0 Å². The number of nitrogens with zero attached hydrogens (tertiary/aromatic N) is 2. The molecule has 0 saturated heterocycles. The molecule has 1 aromatic heterocycles. The zero-order valence-corrected chi connectivity index (χ0v) is 10.9. The number of nitrogens with one attached hydrogen (secondary N) is 1. The molecule has 0 atom stereocenters. The molecule has 15 heavy (non-hydrogen) atoms. The maximum atomic E-state index is 6.16. The van der Waals surface area contributed by atoms with Crippen LogP contribution >= 0.6 is 11.6 Å². The predicted octanol–water partition coefficient (Wildman–Crippen LogP) is 2.13. The lowest BCUT2D eigenvalue weighted by molar-refractivity contribution is 0.535. The Bertz CT molecular complexity index is 336. The molecule has 0 saturated carbocycles. The fraction of sp³-hybridized carbons (Fsp3) is 0.727. The fourth-order valence-electron chi connectivity index (χ4n) is 1.78. The van der Waals surface area contributed by atoms with Crippen molar-refractivity contribution in [1.82, 2.24) is 14.9 Å². The number of hydrogen-bond acceptors (Lipinski definition) is 2. The highest BCUT2D eigenvalue weighted by molar-refractivity contribution is 6.30. The van der Waals surface area contributed by atoms with Crippen LogP contribution in [0.1, 0.15) is 32.3 Å². The van der Waals surface area contributed by atoms with Gasteiger partial charge in [-0.05, 0) is 7.05 Å². The first-order chi connectivity index (χ1) is 6.88. The van der Waals surface area contributed by atoms with Gasteiger partial charge in [0.1, 0.15) is 5.82 Å². The number of halogens is 1. The smallest absolute Gasteiger partial charge is 0.151 e. The van der Waals surface area contributed by atoms with E-state index in [0.717, 1.165) is 24.5 Å². The van der Waals surface area contributed by atoms with E-state index in [0.29, 0.717) is 5.15 Å². The summed E-state index contributed by atoms with van der Waals surface area (Å²) >= 11 is 6.16. The molecule has 0 bridgehead atoms.